The first-order chi connectivity index (χ1) is 9.04. The molecular formula is C18H26O. The highest BCUT2D eigenvalue weighted by Gasteiger charge is 2.40. The first kappa shape index (κ1) is 13.2. The fourth-order valence-corrected chi connectivity index (χ4v) is 4.07. The summed E-state index contributed by atoms with van der Waals surface area (Å²) in [5.41, 5.74) is 3.50. The Morgan fingerprint density at radius 3 is 2.37 bits per heavy atom. The van der Waals surface area contributed by atoms with Gasteiger partial charge in [-0.25, -0.2) is 0 Å². The van der Waals surface area contributed by atoms with Crippen LogP contribution in [-0.4, -0.2) is 10.7 Å². The normalized spacial score (nSPS) is 31.4. The molecule has 0 aliphatic heterocycles. The van der Waals surface area contributed by atoms with Crippen molar-refractivity contribution in [2.75, 3.05) is 0 Å². The summed E-state index contributed by atoms with van der Waals surface area (Å²) in [6.45, 7) is 4.29. The number of aliphatic hydroxyl groups is 1. The van der Waals surface area contributed by atoms with Crippen LogP contribution in [0.2, 0.25) is 0 Å². The predicted molar refractivity (Wildman–Crippen MR) is 79.3 cm³/mol. The van der Waals surface area contributed by atoms with E-state index in [0.29, 0.717) is 0 Å². The number of hydrogen-bond donors (Lipinski definition) is 1. The van der Waals surface area contributed by atoms with Gasteiger partial charge in [0.25, 0.3) is 0 Å². The van der Waals surface area contributed by atoms with Crippen molar-refractivity contribution in [3.05, 3.63) is 34.9 Å². The molecule has 1 aromatic carbocycles. The van der Waals surface area contributed by atoms with Crippen LogP contribution in [0.1, 0.15) is 55.2 Å². The highest BCUT2D eigenvalue weighted by molar-refractivity contribution is 5.29. The summed E-state index contributed by atoms with van der Waals surface area (Å²) in [4.78, 5) is 0. The Morgan fingerprint density at radius 2 is 1.74 bits per heavy atom. The van der Waals surface area contributed by atoms with Crippen molar-refractivity contribution in [3.8, 4) is 0 Å². The summed E-state index contributed by atoms with van der Waals surface area (Å²) in [6.07, 6.45) is 8.24. The van der Waals surface area contributed by atoms with Crippen LogP contribution < -0.4 is 0 Å². The molecule has 2 saturated carbocycles. The average Bonchev–Trinajstić information content (AvgIpc) is 3.10. The Balaban J connectivity index is 1.72. The summed E-state index contributed by atoms with van der Waals surface area (Å²) in [6, 6.07) is 6.69. The molecule has 3 rings (SSSR count). The molecule has 0 saturated heterocycles. The second kappa shape index (κ2) is 4.94. The SMILES string of the molecule is Cc1cc(C)cc(CC2(O)CCCC(C3CC3)C2)c1. The fraction of sp³-hybridized carbons (Fsp3) is 0.667. The molecule has 1 nitrogen and oxygen atoms in total. The zero-order chi connectivity index (χ0) is 13.5. The minimum absolute atomic E-state index is 0.439. The Hall–Kier alpha value is -0.820. The second-order valence-electron chi connectivity index (χ2n) is 7.09. The maximum Gasteiger partial charge on any atom is 0.0690 e. The standard InChI is InChI=1S/C18H26O/c1-13-8-14(2)10-15(9-13)11-18(19)7-3-4-17(12-18)16-5-6-16/h8-10,16-17,19H,3-7,11-12H2,1-2H3. The molecule has 19 heavy (non-hydrogen) atoms. The highest BCUT2D eigenvalue weighted by Crippen LogP contribution is 2.47. The van der Waals surface area contributed by atoms with Crippen molar-refractivity contribution in [1.29, 1.82) is 0 Å². The molecule has 2 fully saturated rings. The van der Waals surface area contributed by atoms with Gasteiger partial charge >= 0.3 is 0 Å². The molecule has 0 amide bonds. The molecule has 0 radical (unpaired) electrons. The van der Waals surface area contributed by atoms with Gasteiger partial charge < -0.3 is 5.11 Å². The van der Waals surface area contributed by atoms with Crippen LogP contribution in [0, 0.1) is 25.7 Å². The summed E-state index contributed by atoms with van der Waals surface area (Å²) in [5, 5.41) is 11.0. The van der Waals surface area contributed by atoms with E-state index >= 15 is 0 Å². The van der Waals surface area contributed by atoms with Crippen LogP contribution in [-0.2, 0) is 6.42 Å². The van der Waals surface area contributed by atoms with Crippen LogP contribution in [0.4, 0.5) is 0 Å². The predicted octanol–water partition coefficient (Wildman–Crippen LogP) is 4.18. The molecule has 1 N–H and O–H groups in total. The third-order valence-electron chi connectivity index (χ3n) is 4.96. The minimum atomic E-state index is -0.439. The average molecular weight is 258 g/mol. The topological polar surface area (TPSA) is 20.2 Å². The summed E-state index contributed by atoms with van der Waals surface area (Å²) in [7, 11) is 0. The van der Waals surface area contributed by atoms with E-state index in [1.165, 1.54) is 42.4 Å². The third kappa shape index (κ3) is 3.20. The molecule has 104 valence electrons. The summed E-state index contributed by atoms with van der Waals surface area (Å²) >= 11 is 0. The van der Waals surface area contributed by atoms with E-state index in [1.807, 2.05) is 0 Å². The Labute approximate surface area is 117 Å². The third-order valence-corrected chi connectivity index (χ3v) is 4.96. The maximum atomic E-state index is 11.0. The van der Waals surface area contributed by atoms with Gasteiger partial charge in [-0.1, -0.05) is 35.7 Å². The molecule has 0 heterocycles. The van der Waals surface area contributed by atoms with Crippen molar-refractivity contribution in [1.82, 2.24) is 0 Å². The lowest BCUT2D eigenvalue weighted by Gasteiger charge is -2.37. The molecule has 2 aliphatic carbocycles. The van der Waals surface area contributed by atoms with Crippen LogP contribution in [0.3, 0.4) is 0 Å². The molecule has 0 spiro atoms. The van der Waals surface area contributed by atoms with E-state index in [1.54, 1.807) is 0 Å². The lowest BCUT2D eigenvalue weighted by Crippen LogP contribution is -2.38. The van der Waals surface area contributed by atoms with E-state index in [-0.39, 0.29) is 0 Å². The quantitative estimate of drug-likeness (QED) is 0.862. The fourth-order valence-electron chi connectivity index (χ4n) is 4.07. The van der Waals surface area contributed by atoms with Crippen LogP contribution in [0.25, 0.3) is 0 Å². The molecule has 1 heteroatoms. The van der Waals surface area contributed by atoms with Crippen LogP contribution in [0.5, 0.6) is 0 Å². The molecule has 2 unspecified atom stereocenters. The zero-order valence-corrected chi connectivity index (χ0v) is 12.3. The van der Waals surface area contributed by atoms with Gasteiger partial charge in [-0.15, -0.1) is 0 Å². The number of aryl methyl sites for hydroxylation is 2. The van der Waals surface area contributed by atoms with E-state index in [0.717, 1.165) is 31.1 Å². The van der Waals surface area contributed by atoms with Gasteiger partial charge in [0.05, 0.1) is 5.60 Å². The van der Waals surface area contributed by atoms with Crippen LogP contribution >= 0.6 is 0 Å². The first-order valence-electron chi connectivity index (χ1n) is 7.84. The van der Waals surface area contributed by atoms with Crippen LogP contribution in [0.15, 0.2) is 18.2 Å². The smallest absolute Gasteiger partial charge is 0.0690 e. The Kier molecular flexibility index (Phi) is 3.42. The van der Waals surface area contributed by atoms with Gasteiger partial charge in [0.1, 0.15) is 0 Å². The van der Waals surface area contributed by atoms with Gasteiger partial charge in [-0.3, -0.25) is 0 Å². The number of hydrogen-bond acceptors (Lipinski definition) is 1. The Bertz CT molecular complexity index is 441. The lowest BCUT2D eigenvalue weighted by atomic mass is 9.73. The molecule has 2 atom stereocenters. The number of benzene rings is 1. The Morgan fingerprint density at radius 1 is 1.05 bits per heavy atom. The maximum absolute atomic E-state index is 11.0. The van der Waals surface area contributed by atoms with E-state index in [4.69, 9.17) is 0 Å². The lowest BCUT2D eigenvalue weighted by molar-refractivity contribution is -0.0195. The van der Waals surface area contributed by atoms with Crippen molar-refractivity contribution in [3.63, 3.8) is 0 Å². The summed E-state index contributed by atoms with van der Waals surface area (Å²) < 4.78 is 0. The molecular weight excluding hydrogens is 232 g/mol. The van der Waals surface area contributed by atoms with Crippen molar-refractivity contribution in [2.24, 2.45) is 11.8 Å². The second-order valence-corrected chi connectivity index (χ2v) is 7.09. The van der Waals surface area contributed by atoms with E-state index in [2.05, 4.69) is 32.0 Å². The van der Waals surface area contributed by atoms with Crippen molar-refractivity contribution >= 4 is 0 Å². The van der Waals surface area contributed by atoms with Gasteiger partial charge in [0.15, 0.2) is 0 Å². The molecule has 0 bridgehead atoms. The first-order valence-corrected chi connectivity index (χ1v) is 7.84. The number of rotatable bonds is 3. The molecule has 2 aliphatic rings. The van der Waals surface area contributed by atoms with E-state index in [9.17, 15) is 5.11 Å². The monoisotopic (exact) mass is 258 g/mol. The van der Waals surface area contributed by atoms with Crippen molar-refractivity contribution in [2.45, 2.75) is 64.4 Å². The van der Waals surface area contributed by atoms with Gasteiger partial charge in [0, 0.05) is 6.42 Å². The molecule has 1 aromatic rings. The zero-order valence-electron chi connectivity index (χ0n) is 12.3. The van der Waals surface area contributed by atoms with Gasteiger partial charge in [0.2, 0.25) is 0 Å². The highest BCUT2D eigenvalue weighted by atomic mass is 16.3. The summed E-state index contributed by atoms with van der Waals surface area (Å²) in [5.74, 6) is 1.73. The minimum Gasteiger partial charge on any atom is -0.390 e. The van der Waals surface area contributed by atoms with Gasteiger partial charge in [-0.05, 0) is 63.4 Å². The van der Waals surface area contributed by atoms with Crippen molar-refractivity contribution < 1.29 is 5.11 Å². The van der Waals surface area contributed by atoms with Gasteiger partial charge in [-0.2, -0.15) is 0 Å². The molecule has 0 aromatic heterocycles. The largest absolute Gasteiger partial charge is 0.390 e. The van der Waals surface area contributed by atoms with E-state index < -0.39 is 5.60 Å².